The van der Waals surface area contributed by atoms with E-state index >= 15 is 0 Å². The molecule has 1 N–H and O–H groups in total. The van der Waals surface area contributed by atoms with Crippen LogP contribution in [0.25, 0.3) is 0 Å². The Bertz CT molecular complexity index is 510. The van der Waals surface area contributed by atoms with E-state index < -0.39 is 0 Å². The molecule has 0 saturated carbocycles. The molecule has 2 aromatic rings. The Labute approximate surface area is 121 Å². The molecule has 0 amide bonds. The van der Waals surface area contributed by atoms with Gasteiger partial charge in [0.05, 0.1) is 4.34 Å². The van der Waals surface area contributed by atoms with Crippen LogP contribution in [0.1, 0.15) is 10.4 Å². The normalized spacial score (nSPS) is 12.6. The molecular formula is C14H14Cl2OS. The molecule has 2 rings (SSSR count). The van der Waals surface area contributed by atoms with Crippen LogP contribution in [-0.4, -0.2) is 11.7 Å². The third kappa shape index (κ3) is 3.72. The lowest BCUT2D eigenvalue weighted by atomic mass is 9.96. The van der Waals surface area contributed by atoms with Gasteiger partial charge in [-0.3, -0.25) is 0 Å². The van der Waals surface area contributed by atoms with E-state index in [-0.39, 0.29) is 12.5 Å². The summed E-state index contributed by atoms with van der Waals surface area (Å²) in [5.74, 6) is 0.180. The Kier molecular flexibility index (Phi) is 5.07. The second kappa shape index (κ2) is 6.58. The minimum Gasteiger partial charge on any atom is -0.396 e. The topological polar surface area (TPSA) is 20.2 Å². The molecule has 1 nitrogen and oxygen atoms in total. The van der Waals surface area contributed by atoms with E-state index in [0.717, 1.165) is 27.8 Å². The molecule has 0 aliphatic carbocycles. The van der Waals surface area contributed by atoms with Crippen LogP contribution in [0.5, 0.6) is 0 Å². The molecule has 0 spiro atoms. The monoisotopic (exact) mass is 300 g/mol. The van der Waals surface area contributed by atoms with E-state index in [1.807, 2.05) is 36.4 Å². The lowest BCUT2D eigenvalue weighted by molar-refractivity contribution is 0.225. The predicted octanol–water partition coefficient (Wildman–Crippen LogP) is 4.45. The van der Waals surface area contributed by atoms with Gasteiger partial charge in [0.2, 0.25) is 0 Å². The van der Waals surface area contributed by atoms with E-state index in [0.29, 0.717) is 0 Å². The molecule has 0 aliphatic heterocycles. The Balaban J connectivity index is 2.04. The Morgan fingerprint density at radius 2 is 1.83 bits per heavy atom. The molecule has 0 fully saturated rings. The molecule has 0 radical (unpaired) electrons. The van der Waals surface area contributed by atoms with Crippen LogP contribution in [0.3, 0.4) is 0 Å². The van der Waals surface area contributed by atoms with E-state index in [1.165, 1.54) is 4.88 Å². The highest BCUT2D eigenvalue weighted by Gasteiger charge is 2.12. The average molecular weight is 301 g/mol. The molecular weight excluding hydrogens is 287 g/mol. The van der Waals surface area contributed by atoms with Crippen LogP contribution in [0.4, 0.5) is 0 Å². The van der Waals surface area contributed by atoms with Gasteiger partial charge in [-0.25, -0.2) is 0 Å². The van der Waals surface area contributed by atoms with Crippen LogP contribution in [0.15, 0.2) is 36.4 Å². The van der Waals surface area contributed by atoms with Crippen molar-refractivity contribution in [2.24, 2.45) is 5.92 Å². The van der Waals surface area contributed by atoms with Crippen molar-refractivity contribution in [1.82, 2.24) is 0 Å². The summed E-state index contributed by atoms with van der Waals surface area (Å²) in [6, 6.07) is 11.7. The number of rotatable bonds is 5. The van der Waals surface area contributed by atoms with Gasteiger partial charge in [-0.05, 0) is 42.5 Å². The number of halogens is 2. The van der Waals surface area contributed by atoms with Gasteiger partial charge in [-0.15, -0.1) is 11.3 Å². The fraction of sp³-hybridized carbons (Fsp3) is 0.286. The molecule has 1 atom stereocenters. The zero-order chi connectivity index (χ0) is 13.0. The summed E-state index contributed by atoms with van der Waals surface area (Å²) in [7, 11) is 0. The number of aliphatic hydroxyl groups is 1. The van der Waals surface area contributed by atoms with E-state index in [2.05, 4.69) is 0 Å². The Hall–Kier alpha value is -0.540. The molecule has 0 bridgehead atoms. The predicted molar refractivity (Wildman–Crippen MR) is 78.8 cm³/mol. The Morgan fingerprint density at radius 1 is 1.06 bits per heavy atom. The molecule has 1 heterocycles. The summed E-state index contributed by atoms with van der Waals surface area (Å²) in [5.41, 5.74) is 1.08. The number of aliphatic hydroxyl groups excluding tert-OH is 1. The van der Waals surface area contributed by atoms with Crippen LogP contribution < -0.4 is 0 Å². The van der Waals surface area contributed by atoms with E-state index in [9.17, 15) is 5.11 Å². The van der Waals surface area contributed by atoms with Gasteiger partial charge in [0.25, 0.3) is 0 Å². The first-order valence-electron chi connectivity index (χ1n) is 5.77. The van der Waals surface area contributed by atoms with Gasteiger partial charge in [0, 0.05) is 16.5 Å². The molecule has 0 aliphatic rings. The number of hydrogen-bond acceptors (Lipinski definition) is 2. The van der Waals surface area contributed by atoms with Gasteiger partial charge in [0.15, 0.2) is 0 Å². The van der Waals surface area contributed by atoms with Crippen molar-refractivity contribution in [3.05, 3.63) is 56.2 Å². The minimum absolute atomic E-state index is 0.154. The van der Waals surface area contributed by atoms with Crippen molar-refractivity contribution in [3.8, 4) is 0 Å². The van der Waals surface area contributed by atoms with Gasteiger partial charge < -0.3 is 5.11 Å². The van der Waals surface area contributed by atoms with Gasteiger partial charge in [-0.2, -0.15) is 0 Å². The molecule has 1 aromatic heterocycles. The largest absolute Gasteiger partial charge is 0.396 e. The van der Waals surface area contributed by atoms with Gasteiger partial charge in [-0.1, -0.05) is 41.4 Å². The van der Waals surface area contributed by atoms with E-state index in [4.69, 9.17) is 23.2 Å². The quantitative estimate of drug-likeness (QED) is 0.865. The lowest BCUT2D eigenvalue weighted by Gasteiger charge is -2.14. The van der Waals surface area contributed by atoms with E-state index in [1.54, 1.807) is 11.3 Å². The fourth-order valence-corrected chi connectivity index (χ4v) is 3.34. The average Bonchev–Trinajstić information content (AvgIpc) is 2.76. The Morgan fingerprint density at radius 3 is 2.44 bits per heavy atom. The summed E-state index contributed by atoms with van der Waals surface area (Å²) < 4.78 is 0.791. The van der Waals surface area contributed by atoms with Crippen molar-refractivity contribution >= 4 is 34.5 Å². The zero-order valence-electron chi connectivity index (χ0n) is 9.77. The first-order chi connectivity index (χ1) is 8.69. The molecule has 18 heavy (non-hydrogen) atoms. The third-order valence-corrected chi connectivity index (χ3v) is 4.47. The highest BCUT2D eigenvalue weighted by atomic mass is 35.5. The summed E-state index contributed by atoms with van der Waals surface area (Å²) >= 11 is 13.6. The standard InChI is InChI=1S/C14H14Cl2OS/c15-13-4-2-1-3-11(13)7-10(9-17)8-12-5-6-14(16)18-12/h1-6,10,17H,7-9H2. The third-order valence-electron chi connectivity index (χ3n) is 2.84. The summed E-state index contributed by atoms with van der Waals surface area (Å²) in [4.78, 5) is 1.20. The van der Waals surface area contributed by atoms with Crippen LogP contribution in [0, 0.1) is 5.92 Å². The van der Waals surface area contributed by atoms with Crippen molar-refractivity contribution in [1.29, 1.82) is 0 Å². The first-order valence-corrected chi connectivity index (χ1v) is 7.34. The smallest absolute Gasteiger partial charge is 0.0931 e. The SMILES string of the molecule is OCC(Cc1ccc(Cl)s1)Cc1ccccc1Cl. The highest BCUT2D eigenvalue weighted by Crippen LogP contribution is 2.26. The number of thiophene rings is 1. The van der Waals surface area contributed by atoms with Gasteiger partial charge in [0.1, 0.15) is 0 Å². The summed E-state index contributed by atoms with van der Waals surface area (Å²) in [5, 5.41) is 10.2. The van der Waals surface area contributed by atoms with Crippen molar-refractivity contribution < 1.29 is 5.11 Å². The number of hydrogen-bond donors (Lipinski definition) is 1. The molecule has 1 unspecified atom stereocenters. The molecule has 4 heteroatoms. The highest BCUT2D eigenvalue weighted by molar-refractivity contribution is 7.16. The zero-order valence-corrected chi connectivity index (χ0v) is 12.1. The van der Waals surface area contributed by atoms with Crippen molar-refractivity contribution in [2.45, 2.75) is 12.8 Å². The van der Waals surface area contributed by atoms with Crippen molar-refractivity contribution in [2.75, 3.05) is 6.61 Å². The summed E-state index contributed by atoms with van der Waals surface area (Å²) in [6.07, 6.45) is 1.62. The van der Waals surface area contributed by atoms with Crippen LogP contribution in [-0.2, 0) is 12.8 Å². The second-order valence-corrected chi connectivity index (χ2v) is 6.46. The minimum atomic E-state index is 0.154. The number of benzene rings is 1. The maximum Gasteiger partial charge on any atom is 0.0931 e. The fourth-order valence-electron chi connectivity index (χ4n) is 1.92. The van der Waals surface area contributed by atoms with Gasteiger partial charge >= 0.3 is 0 Å². The van der Waals surface area contributed by atoms with Crippen molar-refractivity contribution in [3.63, 3.8) is 0 Å². The lowest BCUT2D eigenvalue weighted by Crippen LogP contribution is -2.12. The first kappa shape index (κ1) is 13.9. The summed E-state index contributed by atoms with van der Waals surface area (Å²) in [6.45, 7) is 0.154. The second-order valence-electron chi connectivity index (χ2n) is 4.25. The maximum atomic E-state index is 9.47. The molecule has 1 aromatic carbocycles. The van der Waals surface area contributed by atoms with Crippen LogP contribution >= 0.6 is 34.5 Å². The maximum absolute atomic E-state index is 9.47. The molecule has 0 saturated heterocycles. The molecule has 96 valence electrons. The van der Waals surface area contributed by atoms with Crippen LogP contribution in [0.2, 0.25) is 9.36 Å².